The van der Waals surface area contributed by atoms with Crippen molar-refractivity contribution in [2.45, 2.75) is 39.2 Å². The molecule has 0 saturated heterocycles. The first-order chi connectivity index (χ1) is 16.6. The maximum Gasteiger partial charge on any atom is 0.350 e. The summed E-state index contributed by atoms with van der Waals surface area (Å²) in [6.45, 7) is 8.05. The Morgan fingerprint density at radius 3 is 2.43 bits per heavy atom. The predicted molar refractivity (Wildman–Crippen MR) is 134 cm³/mol. The van der Waals surface area contributed by atoms with E-state index in [0.717, 1.165) is 22.5 Å². The van der Waals surface area contributed by atoms with Gasteiger partial charge < -0.3 is 9.15 Å². The highest BCUT2D eigenvalue weighted by Crippen LogP contribution is 2.43. The van der Waals surface area contributed by atoms with Gasteiger partial charge in [-0.15, -0.1) is 0 Å². The first-order valence-corrected chi connectivity index (χ1v) is 12.0. The van der Waals surface area contributed by atoms with Gasteiger partial charge in [-0.2, -0.15) is 0 Å². The van der Waals surface area contributed by atoms with E-state index in [4.69, 9.17) is 9.15 Å². The molecule has 178 valence electrons. The van der Waals surface area contributed by atoms with Gasteiger partial charge in [0.05, 0.1) is 29.8 Å². The average molecular weight is 489 g/mol. The number of benzene rings is 2. The molecular formula is C27H24N2O5S. The summed E-state index contributed by atoms with van der Waals surface area (Å²) >= 11 is 1.06. The number of carbonyl (C=O) groups is 2. The van der Waals surface area contributed by atoms with Crippen molar-refractivity contribution in [2.24, 2.45) is 0 Å². The molecular weight excluding hydrogens is 464 g/mol. The number of aryl methyl sites for hydroxylation is 1. The summed E-state index contributed by atoms with van der Waals surface area (Å²) in [5, 5.41) is 0.704. The molecule has 5 rings (SSSR count). The molecule has 1 amide bonds. The zero-order valence-electron chi connectivity index (χ0n) is 20.0. The molecule has 1 aliphatic rings. The zero-order chi connectivity index (χ0) is 25.1. The van der Waals surface area contributed by atoms with E-state index in [1.807, 2.05) is 24.3 Å². The van der Waals surface area contributed by atoms with E-state index < -0.39 is 17.9 Å². The van der Waals surface area contributed by atoms with Gasteiger partial charge in [-0.25, -0.2) is 9.78 Å². The molecule has 35 heavy (non-hydrogen) atoms. The van der Waals surface area contributed by atoms with E-state index in [1.165, 1.54) is 12.0 Å². The maximum absolute atomic E-state index is 13.7. The molecule has 3 heterocycles. The third kappa shape index (κ3) is 3.65. The average Bonchev–Trinajstić information content (AvgIpc) is 3.35. The molecule has 0 fully saturated rings. The number of hydrogen-bond donors (Lipinski definition) is 0. The predicted octanol–water partition coefficient (Wildman–Crippen LogP) is 5.39. The minimum Gasteiger partial charge on any atom is -0.465 e. The Kier molecular flexibility index (Phi) is 5.36. The standard InChI is InChI=1S/C27H24N2O5S/c1-14-23(25(32)33-5)35-26(28-14)29-20(15-10-12-16(13-11-15)27(2,3)4)19-21(30)17-8-6-7-9-18(17)34-22(19)24(29)31/h6-13,20H,1-5H3/t20-/m1/s1. The minimum absolute atomic E-state index is 0.00827. The molecule has 0 saturated carbocycles. The van der Waals surface area contributed by atoms with Crippen molar-refractivity contribution in [1.29, 1.82) is 0 Å². The number of nitrogens with zero attached hydrogens (tertiary/aromatic N) is 2. The second-order valence-corrected chi connectivity index (χ2v) is 10.5. The molecule has 1 atom stereocenters. The Bertz CT molecular complexity index is 1540. The Hall–Kier alpha value is -3.78. The lowest BCUT2D eigenvalue weighted by Crippen LogP contribution is -2.29. The number of ether oxygens (including phenoxy) is 1. The lowest BCUT2D eigenvalue weighted by atomic mass is 9.86. The summed E-state index contributed by atoms with van der Waals surface area (Å²) in [5.41, 5.74) is 2.62. The fourth-order valence-corrected chi connectivity index (χ4v) is 5.38. The summed E-state index contributed by atoms with van der Waals surface area (Å²) < 4.78 is 10.8. The highest BCUT2D eigenvalue weighted by atomic mass is 32.1. The van der Waals surface area contributed by atoms with Crippen LogP contribution in [0.15, 0.2) is 57.7 Å². The summed E-state index contributed by atoms with van der Waals surface area (Å²) in [6.07, 6.45) is 0. The third-order valence-corrected chi connectivity index (χ3v) is 7.37. The monoisotopic (exact) mass is 488 g/mol. The quantitative estimate of drug-likeness (QED) is 0.359. The zero-order valence-corrected chi connectivity index (χ0v) is 20.9. The molecule has 0 aliphatic carbocycles. The van der Waals surface area contributed by atoms with Gasteiger partial charge in [0.1, 0.15) is 10.5 Å². The number of carbonyl (C=O) groups excluding carboxylic acids is 2. The number of para-hydroxylation sites is 1. The van der Waals surface area contributed by atoms with Crippen LogP contribution >= 0.6 is 11.3 Å². The minimum atomic E-state index is -0.747. The van der Waals surface area contributed by atoms with Gasteiger partial charge in [0.15, 0.2) is 10.6 Å². The normalized spacial score (nSPS) is 15.5. The van der Waals surface area contributed by atoms with Crippen molar-refractivity contribution in [1.82, 2.24) is 4.98 Å². The second-order valence-electron chi connectivity index (χ2n) is 9.52. The molecule has 0 N–H and O–H groups in total. The van der Waals surface area contributed by atoms with Crippen LogP contribution < -0.4 is 10.3 Å². The number of aromatic nitrogens is 1. The maximum atomic E-state index is 13.7. The van der Waals surface area contributed by atoms with Crippen molar-refractivity contribution < 1.29 is 18.7 Å². The Morgan fingerprint density at radius 2 is 1.77 bits per heavy atom. The Morgan fingerprint density at radius 1 is 1.09 bits per heavy atom. The molecule has 0 spiro atoms. The number of methoxy groups -OCH3 is 1. The first kappa shape index (κ1) is 23.0. The molecule has 4 aromatic rings. The SMILES string of the molecule is COC(=O)c1sc(N2C(=O)c3oc4ccccc4c(=O)c3[C@H]2c2ccc(C(C)(C)C)cc2)nc1C. The molecule has 7 nitrogen and oxygen atoms in total. The molecule has 1 aliphatic heterocycles. The van der Waals surface area contributed by atoms with Crippen LogP contribution in [0.1, 0.15) is 69.4 Å². The highest BCUT2D eigenvalue weighted by Gasteiger charge is 2.45. The lowest BCUT2D eigenvalue weighted by Gasteiger charge is -2.24. The van der Waals surface area contributed by atoms with E-state index >= 15 is 0 Å². The lowest BCUT2D eigenvalue weighted by molar-refractivity contribution is 0.0605. The van der Waals surface area contributed by atoms with Crippen LogP contribution in [0.25, 0.3) is 11.0 Å². The number of fused-ring (bicyclic) bond motifs is 2. The van der Waals surface area contributed by atoms with E-state index in [2.05, 4.69) is 25.8 Å². The van der Waals surface area contributed by atoms with Crippen molar-refractivity contribution in [2.75, 3.05) is 12.0 Å². The van der Waals surface area contributed by atoms with Gasteiger partial charge in [0.2, 0.25) is 5.76 Å². The fourth-order valence-electron chi connectivity index (χ4n) is 4.37. The van der Waals surface area contributed by atoms with Gasteiger partial charge in [0, 0.05) is 0 Å². The van der Waals surface area contributed by atoms with Crippen LogP contribution in [0.5, 0.6) is 0 Å². The van der Waals surface area contributed by atoms with E-state index in [0.29, 0.717) is 26.7 Å². The van der Waals surface area contributed by atoms with E-state index in [1.54, 1.807) is 31.2 Å². The largest absolute Gasteiger partial charge is 0.465 e. The summed E-state index contributed by atoms with van der Waals surface area (Å²) in [5.74, 6) is -1.01. The van der Waals surface area contributed by atoms with Crippen molar-refractivity contribution in [3.05, 3.63) is 91.8 Å². The van der Waals surface area contributed by atoms with Crippen molar-refractivity contribution >= 4 is 39.3 Å². The summed E-state index contributed by atoms with van der Waals surface area (Å²) in [7, 11) is 1.30. The molecule has 0 bridgehead atoms. The van der Waals surface area contributed by atoms with Crippen LogP contribution in [0.3, 0.4) is 0 Å². The van der Waals surface area contributed by atoms with Gasteiger partial charge in [-0.1, -0.05) is 68.5 Å². The van der Waals surface area contributed by atoms with Crippen LogP contribution in [0, 0.1) is 6.92 Å². The van der Waals surface area contributed by atoms with Crippen LogP contribution in [0.4, 0.5) is 5.13 Å². The number of amides is 1. The number of hydrogen-bond acceptors (Lipinski definition) is 7. The number of esters is 1. The fraction of sp³-hybridized carbons (Fsp3) is 0.259. The molecule has 8 heteroatoms. The van der Waals surface area contributed by atoms with Crippen LogP contribution in [-0.2, 0) is 10.2 Å². The second kappa shape index (κ2) is 8.16. The third-order valence-electron chi connectivity index (χ3n) is 6.23. The van der Waals surface area contributed by atoms with Crippen molar-refractivity contribution in [3.63, 3.8) is 0 Å². The van der Waals surface area contributed by atoms with Gasteiger partial charge in [-0.3, -0.25) is 14.5 Å². The molecule has 2 aromatic carbocycles. The smallest absolute Gasteiger partial charge is 0.350 e. The van der Waals surface area contributed by atoms with Crippen LogP contribution in [-0.4, -0.2) is 24.0 Å². The summed E-state index contributed by atoms with van der Waals surface area (Å²) in [6, 6.07) is 14.0. The van der Waals surface area contributed by atoms with E-state index in [-0.39, 0.29) is 22.2 Å². The Balaban J connectivity index is 1.75. The van der Waals surface area contributed by atoms with Crippen LogP contribution in [0.2, 0.25) is 0 Å². The Labute approximate surface area is 206 Å². The number of rotatable bonds is 3. The van der Waals surface area contributed by atoms with E-state index in [9.17, 15) is 14.4 Å². The molecule has 2 aromatic heterocycles. The molecule has 0 unspecified atom stereocenters. The van der Waals surface area contributed by atoms with Gasteiger partial charge >= 0.3 is 5.97 Å². The van der Waals surface area contributed by atoms with Gasteiger partial charge in [0.25, 0.3) is 5.91 Å². The number of thiazole rings is 1. The highest BCUT2D eigenvalue weighted by molar-refractivity contribution is 7.17. The first-order valence-electron chi connectivity index (χ1n) is 11.2. The van der Waals surface area contributed by atoms with Gasteiger partial charge in [-0.05, 0) is 35.6 Å². The summed E-state index contributed by atoms with van der Waals surface area (Å²) in [4.78, 5) is 45.8. The topological polar surface area (TPSA) is 89.7 Å². The molecule has 0 radical (unpaired) electrons. The number of anilines is 1. The van der Waals surface area contributed by atoms with Crippen molar-refractivity contribution in [3.8, 4) is 0 Å².